The zero-order chi connectivity index (χ0) is 15.9. The van der Waals surface area contributed by atoms with Crippen molar-refractivity contribution >= 4 is 8.32 Å². The predicted molar refractivity (Wildman–Crippen MR) is 94.9 cm³/mol. The van der Waals surface area contributed by atoms with E-state index in [4.69, 9.17) is 4.43 Å². The molecule has 2 aliphatic carbocycles. The van der Waals surface area contributed by atoms with Crippen LogP contribution in [0.5, 0.6) is 0 Å². The molecule has 1 atom stereocenters. The average Bonchev–Trinajstić information content (AvgIpc) is 2.85. The highest BCUT2D eigenvalue weighted by atomic mass is 28.4. The molecule has 2 heteroatoms. The van der Waals surface area contributed by atoms with Gasteiger partial charge in [0.15, 0.2) is 8.32 Å². The third kappa shape index (κ3) is 3.02. The van der Waals surface area contributed by atoms with Gasteiger partial charge in [-0.3, -0.25) is 0 Å². The fourth-order valence-electron chi connectivity index (χ4n) is 3.66. The Morgan fingerprint density at radius 3 is 2.29 bits per heavy atom. The lowest BCUT2D eigenvalue weighted by Gasteiger charge is -2.52. The molecule has 0 radical (unpaired) electrons. The lowest BCUT2D eigenvalue weighted by Crippen LogP contribution is -2.54. The molecule has 0 heterocycles. The molecule has 0 aromatic rings. The standard InChI is InChI=1S/C19H30OSi/c1-15-12-13-19(16(2)14-15,20-21(5,6)7)18(3,4)17-10-8-9-11-17/h8,10-12,14H,9,13H2,1-7H3. The molecule has 0 aromatic heterocycles. The molecule has 0 spiro atoms. The van der Waals surface area contributed by atoms with E-state index in [1.807, 2.05) is 0 Å². The van der Waals surface area contributed by atoms with Gasteiger partial charge in [0.05, 0.1) is 5.60 Å². The predicted octanol–water partition coefficient (Wildman–Crippen LogP) is 5.79. The molecule has 21 heavy (non-hydrogen) atoms. The van der Waals surface area contributed by atoms with Crippen LogP contribution < -0.4 is 0 Å². The van der Waals surface area contributed by atoms with Crippen molar-refractivity contribution in [3.8, 4) is 0 Å². The summed E-state index contributed by atoms with van der Waals surface area (Å²) in [4.78, 5) is 0. The Kier molecular flexibility index (Phi) is 4.25. The summed E-state index contributed by atoms with van der Waals surface area (Å²) in [6, 6.07) is 0. The van der Waals surface area contributed by atoms with Gasteiger partial charge < -0.3 is 4.43 Å². The van der Waals surface area contributed by atoms with Crippen molar-refractivity contribution in [1.82, 2.24) is 0 Å². The van der Waals surface area contributed by atoms with Gasteiger partial charge >= 0.3 is 0 Å². The van der Waals surface area contributed by atoms with Gasteiger partial charge in [0.2, 0.25) is 0 Å². The number of allylic oxidation sites excluding steroid dienone is 5. The average molecular weight is 303 g/mol. The fourth-order valence-corrected chi connectivity index (χ4v) is 5.20. The first-order valence-electron chi connectivity index (χ1n) is 8.01. The van der Waals surface area contributed by atoms with Gasteiger partial charge in [0.1, 0.15) is 0 Å². The molecule has 1 unspecified atom stereocenters. The zero-order valence-electron chi connectivity index (χ0n) is 14.7. The summed E-state index contributed by atoms with van der Waals surface area (Å²) in [5.41, 5.74) is 3.92. The molecular weight excluding hydrogens is 272 g/mol. The molecule has 0 saturated carbocycles. The Balaban J connectivity index is 2.52. The van der Waals surface area contributed by atoms with Crippen LogP contribution in [0.1, 0.15) is 40.5 Å². The largest absolute Gasteiger partial charge is 0.407 e. The van der Waals surface area contributed by atoms with Crippen LogP contribution in [-0.2, 0) is 4.43 Å². The molecule has 2 rings (SSSR count). The van der Waals surface area contributed by atoms with Crippen molar-refractivity contribution in [2.45, 2.75) is 65.8 Å². The number of hydrogen-bond donors (Lipinski definition) is 0. The first-order valence-corrected chi connectivity index (χ1v) is 11.4. The minimum atomic E-state index is -1.66. The molecule has 0 N–H and O–H groups in total. The molecule has 1 nitrogen and oxygen atoms in total. The molecule has 0 bridgehead atoms. The van der Waals surface area contributed by atoms with Gasteiger partial charge in [-0.15, -0.1) is 0 Å². The summed E-state index contributed by atoms with van der Waals surface area (Å²) >= 11 is 0. The second-order valence-electron chi connectivity index (χ2n) is 7.94. The van der Waals surface area contributed by atoms with Gasteiger partial charge in [0.25, 0.3) is 0 Å². The Morgan fingerprint density at radius 2 is 1.81 bits per heavy atom. The lowest BCUT2D eigenvalue weighted by molar-refractivity contribution is 0.00657. The van der Waals surface area contributed by atoms with E-state index in [-0.39, 0.29) is 11.0 Å². The van der Waals surface area contributed by atoms with E-state index in [0.717, 1.165) is 12.8 Å². The number of hydrogen-bond acceptors (Lipinski definition) is 1. The van der Waals surface area contributed by atoms with E-state index in [1.165, 1.54) is 16.7 Å². The van der Waals surface area contributed by atoms with Crippen LogP contribution in [0.25, 0.3) is 0 Å². The van der Waals surface area contributed by atoms with Gasteiger partial charge in [0, 0.05) is 5.41 Å². The normalized spacial score (nSPS) is 26.5. The molecule has 0 aliphatic heterocycles. The molecule has 116 valence electrons. The summed E-state index contributed by atoms with van der Waals surface area (Å²) in [6.45, 7) is 16.0. The van der Waals surface area contributed by atoms with Gasteiger partial charge in [-0.2, -0.15) is 0 Å². The maximum absolute atomic E-state index is 6.86. The van der Waals surface area contributed by atoms with Crippen LogP contribution >= 0.6 is 0 Å². The van der Waals surface area contributed by atoms with Crippen molar-refractivity contribution < 1.29 is 4.43 Å². The Bertz CT molecular complexity index is 540. The van der Waals surface area contributed by atoms with Crippen LogP contribution in [0, 0.1) is 5.41 Å². The molecule has 2 aliphatic rings. The van der Waals surface area contributed by atoms with Gasteiger partial charge in [-0.25, -0.2) is 0 Å². The van der Waals surface area contributed by atoms with Crippen molar-refractivity contribution in [1.29, 1.82) is 0 Å². The smallest absolute Gasteiger partial charge is 0.185 e. The molecule has 0 fully saturated rings. The van der Waals surface area contributed by atoms with Crippen LogP contribution in [0.15, 0.2) is 47.1 Å². The molecule has 0 saturated heterocycles. The molecular formula is C19H30OSi. The first-order chi connectivity index (χ1) is 9.58. The van der Waals surface area contributed by atoms with E-state index in [1.54, 1.807) is 0 Å². The quantitative estimate of drug-likeness (QED) is 0.598. The fraction of sp³-hybridized carbons (Fsp3) is 0.579. The summed E-state index contributed by atoms with van der Waals surface area (Å²) in [5.74, 6) is 0. The second-order valence-corrected chi connectivity index (χ2v) is 12.4. The summed E-state index contributed by atoms with van der Waals surface area (Å²) in [5, 5.41) is 0. The summed E-state index contributed by atoms with van der Waals surface area (Å²) in [6.07, 6.45) is 13.6. The minimum Gasteiger partial charge on any atom is -0.407 e. The summed E-state index contributed by atoms with van der Waals surface area (Å²) in [7, 11) is -1.66. The highest BCUT2D eigenvalue weighted by Gasteiger charge is 2.51. The van der Waals surface area contributed by atoms with Gasteiger partial charge in [-0.05, 0) is 57.5 Å². The maximum Gasteiger partial charge on any atom is 0.185 e. The van der Waals surface area contributed by atoms with Crippen molar-refractivity contribution in [2.75, 3.05) is 0 Å². The monoisotopic (exact) mass is 302 g/mol. The van der Waals surface area contributed by atoms with E-state index >= 15 is 0 Å². The van der Waals surface area contributed by atoms with E-state index in [9.17, 15) is 0 Å². The SMILES string of the molecule is CC1=CCC(O[Si](C)(C)C)(C(C)(C)C2=CCC=C2)C(C)=C1. The zero-order valence-corrected chi connectivity index (χ0v) is 15.7. The van der Waals surface area contributed by atoms with Crippen molar-refractivity contribution in [3.63, 3.8) is 0 Å². The topological polar surface area (TPSA) is 9.23 Å². The minimum absolute atomic E-state index is 0.0158. The van der Waals surface area contributed by atoms with Crippen LogP contribution in [0.4, 0.5) is 0 Å². The first kappa shape index (κ1) is 16.5. The third-order valence-corrected chi connectivity index (χ3v) is 5.74. The maximum atomic E-state index is 6.86. The van der Waals surface area contributed by atoms with E-state index < -0.39 is 8.32 Å². The highest BCUT2D eigenvalue weighted by molar-refractivity contribution is 6.69. The van der Waals surface area contributed by atoms with Crippen LogP contribution in [-0.4, -0.2) is 13.9 Å². The molecule has 0 amide bonds. The number of rotatable bonds is 4. The van der Waals surface area contributed by atoms with Crippen molar-refractivity contribution in [2.24, 2.45) is 5.41 Å². The lowest BCUT2D eigenvalue weighted by atomic mass is 9.63. The van der Waals surface area contributed by atoms with Crippen LogP contribution in [0.2, 0.25) is 19.6 Å². The highest BCUT2D eigenvalue weighted by Crippen LogP contribution is 2.51. The van der Waals surface area contributed by atoms with Crippen molar-refractivity contribution in [3.05, 3.63) is 47.1 Å². The van der Waals surface area contributed by atoms with Crippen LogP contribution in [0.3, 0.4) is 0 Å². The summed E-state index contributed by atoms with van der Waals surface area (Å²) < 4.78 is 6.86. The van der Waals surface area contributed by atoms with E-state index in [2.05, 4.69) is 77.7 Å². The second kappa shape index (κ2) is 5.40. The Labute approximate surface area is 131 Å². The third-order valence-electron chi connectivity index (χ3n) is 4.78. The van der Waals surface area contributed by atoms with Gasteiger partial charge in [-0.1, -0.05) is 49.8 Å². The van der Waals surface area contributed by atoms with E-state index in [0.29, 0.717) is 0 Å². The molecule has 0 aromatic carbocycles. The Hall–Kier alpha value is -0.863. The Morgan fingerprint density at radius 1 is 1.14 bits per heavy atom.